The summed E-state index contributed by atoms with van der Waals surface area (Å²) in [6, 6.07) is 21.9. The zero-order valence-corrected chi connectivity index (χ0v) is 23.7. The van der Waals surface area contributed by atoms with Gasteiger partial charge in [-0.25, -0.2) is 14.6 Å². The van der Waals surface area contributed by atoms with Crippen LogP contribution in [0.1, 0.15) is 55.3 Å². The van der Waals surface area contributed by atoms with E-state index in [4.69, 9.17) is 16.3 Å². The van der Waals surface area contributed by atoms with Crippen LogP contribution in [-0.4, -0.2) is 50.3 Å². The van der Waals surface area contributed by atoms with Crippen LogP contribution in [0.4, 0.5) is 4.79 Å². The molecule has 0 aliphatic heterocycles. The molecule has 0 saturated heterocycles. The van der Waals surface area contributed by atoms with Gasteiger partial charge in [-0.1, -0.05) is 72.3 Å². The highest BCUT2D eigenvalue weighted by Crippen LogP contribution is 2.31. The number of hydrogen-bond acceptors (Lipinski definition) is 5. The first-order chi connectivity index (χ1) is 18.9. The summed E-state index contributed by atoms with van der Waals surface area (Å²) in [7, 11) is 0. The summed E-state index contributed by atoms with van der Waals surface area (Å²) in [6.45, 7) is 7.36. The normalized spacial score (nSPS) is 13.1. The van der Waals surface area contributed by atoms with Gasteiger partial charge < -0.3 is 19.8 Å². The van der Waals surface area contributed by atoms with Crippen molar-refractivity contribution in [1.29, 1.82) is 0 Å². The molecule has 0 fully saturated rings. The number of ether oxygens (including phenoxy) is 1. The number of amides is 1. The molecule has 4 rings (SSSR count). The van der Waals surface area contributed by atoms with Gasteiger partial charge in [0.1, 0.15) is 10.8 Å². The van der Waals surface area contributed by atoms with E-state index in [1.54, 1.807) is 39.0 Å². The maximum absolute atomic E-state index is 13.2. The molecule has 0 saturated carbocycles. The van der Waals surface area contributed by atoms with Gasteiger partial charge in [0.05, 0.1) is 18.2 Å². The summed E-state index contributed by atoms with van der Waals surface area (Å²) in [6.07, 6.45) is 0.548. The predicted molar refractivity (Wildman–Crippen MR) is 157 cm³/mol. The number of aliphatic hydroxyl groups is 1. The number of carboxylic acid groups (broad SMARTS) is 1. The lowest BCUT2D eigenvalue weighted by Gasteiger charge is -2.33. The van der Waals surface area contributed by atoms with Crippen molar-refractivity contribution < 1.29 is 24.5 Å². The van der Waals surface area contributed by atoms with E-state index in [9.17, 15) is 19.8 Å². The molecule has 0 aliphatic carbocycles. The Morgan fingerprint density at radius 3 is 2.25 bits per heavy atom. The molecular formula is C32H33ClN2O5. The molecule has 0 radical (unpaired) electrons. The molecule has 3 aromatic carbocycles. The zero-order valence-electron chi connectivity index (χ0n) is 23.0. The quantitative estimate of drug-likeness (QED) is 0.222. The Balaban J connectivity index is 1.56. The number of aromatic carboxylic acids is 1. The van der Waals surface area contributed by atoms with Gasteiger partial charge in [-0.3, -0.25) is 0 Å². The van der Waals surface area contributed by atoms with Crippen molar-refractivity contribution in [2.24, 2.45) is 0 Å². The summed E-state index contributed by atoms with van der Waals surface area (Å²) in [5, 5.41) is 22.3. The van der Waals surface area contributed by atoms with Crippen LogP contribution < -0.4 is 0 Å². The Kier molecular flexibility index (Phi) is 8.76. The Morgan fingerprint density at radius 1 is 0.975 bits per heavy atom. The molecule has 1 aromatic heterocycles. The minimum atomic E-state index is -0.968. The lowest BCUT2D eigenvalue weighted by molar-refractivity contribution is 0.00542. The third-order valence-corrected chi connectivity index (χ3v) is 6.84. The second-order valence-electron chi connectivity index (χ2n) is 10.8. The fraction of sp³-hybridized carbons (Fsp3) is 0.281. The van der Waals surface area contributed by atoms with Gasteiger partial charge >= 0.3 is 12.1 Å². The van der Waals surface area contributed by atoms with Crippen LogP contribution >= 0.6 is 11.6 Å². The van der Waals surface area contributed by atoms with Crippen molar-refractivity contribution >= 4 is 34.4 Å². The molecule has 4 aromatic rings. The van der Waals surface area contributed by atoms with Crippen molar-refractivity contribution in [2.45, 2.75) is 51.9 Å². The lowest BCUT2D eigenvalue weighted by atomic mass is 9.94. The van der Waals surface area contributed by atoms with Crippen LogP contribution in [0, 0.1) is 0 Å². The molecule has 2 N–H and O–H groups in total. The number of carbonyl (C=O) groups excluding carboxylic acids is 1. The summed E-state index contributed by atoms with van der Waals surface area (Å²) >= 11 is 5.88. The molecule has 8 heteroatoms. The topological polar surface area (TPSA) is 100.0 Å². The molecule has 1 amide bonds. The molecule has 7 nitrogen and oxygen atoms in total. The largest absolute Gasteiger partial charge is 0.478 e. The number of fused-ring (bicyclic) bond motifs is 1. The number of hydrogen-bond donors (Lipinski definition) is 2. The highest BCUT2D eigenvalue weighted by Gasteiger charge is 2.28. The predicted octanol–water partition coefficient (Wildman–Crippen LogP) is 7.16. The fourth-order valence-corrected chi connectivity index (χ4v) is 4.75. The van der Waals surface area contributed by atoms with Crippen LogP contribution in [0.5, 0.6) is 0 Å². The number of halogens is 1. The Bertz CT molecular complexity index is 1500. The number of pyridine rings is 1. The minimum absolute atomic E-state index is 0.0272. The van der Waals surface area contributed by atoms with E-state index in [2.05, 4.69) is 4.98 Å². The van der Waals surface area contributed by atoms with Gasteiger partial charge in [0, 0.05) is 17.8 Å². The summed E-state index contributed by atoms with van der Waals surface area (Å²) in [5.74, 6) is -0.959. The summed E-state index contributed by atoms with van der Waals surface area (Å²) in [5.41, 5.74) is 3.02. The second kappa shape index (κ2) is 12.1. The maximum atomic E-state index is 13.2. The van der Waals surface area contributed by atoms with Crippen LogP contribution in [0.25, 0.3) is 21.9 Å². The lowest BCUT2D eigenvalue weighted by Crippen LogP contribution is -2.45. The Hall–Kier alpha value is -3.94. The van der Waals surface area contributed by atoms with Gasteiger partial charge in [0.2, 0.25) is 0 Å². The number of carboxylic acids is 1. The van der Waals surface area contributed by atoms with Crippen LogP contribution in [0.15, 0.2) is 79.0 Å². The number of rotatable bonds is 8. The molecular weight excluding hydrogens is 528 g/mol. The van der Waals surface area contributed by atoms with Crippen molar-refractivity contribution in [2.75, 3.05) is 6.54 Å². The molecule has 208 valence electrons. The average molecular weight is 561 g/mol. The van der Waals surface area contributed by atoms with E-state index >= 15 is 0 Å². The van der Waals surface area contributed by atoms with Gasteiger partial charge in [-0.05, 0) is 73.7 Å². The van der Waals surface area contributed by atoms with E-state index < -0.39 is 23.8 Å². The van der Waals surface area contributed by atoms with E-state index in [0.717, 1.165) is 22.1 Å². The summed E-state index contributed by atoms with van der Waals surface area (Å²) in [4.78, 5) is 30.4. The molecule has 0 unspecified atom stereocenters. The first-order valence-electron chi connectivity index (χ1n) is 13.1. The van der Waals surface area contributed by atoms with Crippen molar-refractivity contribution in [1.82, 2.24) is 9.88 Å². The Labute approximate surface area is 239 Å². The molecule has 0 spiro atoms. The zero-order chi connectivity index (χ0) is 29.0. The third-order valence-electron chi connectivity index (χ3n) is 6.62. The highest BCUT2D eigenvalue weighted by molar-refractivity contribution is 6.29. The van der Waals surface area contributed by atoms with Crippen LogP contribution in [0.3, 0.4) is 0 Å². The Morgan fingerprint density at radius 2 is 1.65 bits per heavy atom. The third kappa shape index (κ3) is 6.97. The smallest absolute Gasteiger partial charge is 0.410 e. The number of nitrogens with zero attached hydrogens (tertiary/aromatic N) is 2. The monoisotopic (exact) mass is 560 g/mol. The molecule has 0 aliphatic rings. The average Bonchev–Trinajstić information content (AvgIpc) is 2.90. The van der Waals surface area contributed by atoms with Crippen molar-refractivity contribution in [3.05, 3.63) is 101 Å². The summed E-state index contributed by atoms with van der Waals surface area (Å²) < 4.78 is 5.66. The van der Waals surface area contributed by atoms with Gasteiger partial charge in [-0.2, -0.15) is 0 Å². The first kappa shape index (κ1) is 29.1. The molecule has 2 atom stereocenters. The first-order valence-corrected chi connectivity index (χ1v) is 13.4. The van der Waals surface area contributed by atoms with Gasteiger partial charge in [0.15, 0.2) is 0 Å². The second-order valence-corrected chi connectivity index (χ2v) is 11.2. The van der Waals surface area contributed by atoms with Crippen LogP contribution in [-0.2, 0) is 11.2 Å². The SMILES string of the molecule is C[C@H](Cc1ccc(-c2ccc(C(=O)O)c3ccccc23)cc1)N(C[C@@H](O)c1ccc(Cl)nc1)C(=O)OC(C)(C)C. The standard InChI is InChI=1S/C32H33ClN2O5/c1-20(35(31(39)40-32(2,3)4)19-28(36)23-13-16-29(33)34-18-23)17-21-9-11-22(12-10-21)24-14-15-27(30(37)38)26-8-6-5-7-25(24)26/h5-16,18,20,28,36H,17,19H2,1-4H3,(H,37,38)/t20-,28-/m1/s1. The number of aromatic nitrogens is 1. The molecule has 40 heavy (non-hydrogen) atoms. The minimum Gasteiger partial charge on any atom is -0.478 e. The fourth-order valence-electron chi connectivity index (χ4n) is 4.64. The van der Waals surface area contributed by atoms with Crippen molar-refractivity contribution in [3.8, 4) is 11.1 Å². The van der Waals surface area contributed by atoms with E-state index in [0.29, 0.717) is 22.5 Å². The number of carbonyl (C=O) groups is 2. The maximum Gasteiger partial charge on any atom is 0.410 e. The van der Waals surface area contributed by atoms with E-state index in [1.807, 2.05) is 61.5 Å². The van der Waals surface area contributed by atoms with Crippen molar-refractivity contribution in [3.63, 3.8) is 0 Å². The van der Waals surface area contributed by atoms with E-state index in [-0.39, 0.29) is 18.2 Å². The highest BCUT2D eigenvalue weighted by atomic mass is 35.5. The van der Waals surface area contributed by atoms with Gasteiger partial charge in [0.25, 0.3) is 0 Å². The van der Waals surface area contributed by atoms with Crippen LogP contribution in [0.2, 0.25) is 5.15 Å². The van der Waals surface area contributed by atoms with Gasteiger partial charge in [-0.15, -0.1) is 0 Å². The number of aliphatic hydroxyl groups excluding tert-OH is 1. The molecule has 0 bridgehead atoms. The molecule has 1 heterocycles. The van der Waals surface area contributed by atoms with E-state index in [1.165, 1.54) is 11.1 Å². The number of benzene rings is 3.